The van der Waals surface area contributed by atoms with Gasteiger partial charge in [-0.2, -0.15) is 0 Å². The molecule has 0 aliphatic heterocycles. The highest BCUT2D eigenvalue weighted by Gasteiger charge is 2.07. The lowest BCUT2D eigenvalue weighted by molar-refractivity contribution is 0.825. The molecule has 0 aliphatic rings. The number of benzene rings is 1. The summed E-state index contributed by atoms with van der Waals surface area (Å²) in [4.78, 5) is 8.54. The van der Waals surface area contributed by atoms with Gasteiger partial charge in [0.05, 0.1) is 0 Å². The predicted octanol–water partition coefficient (Wildman–Crippen LogP) is 2.58. The Hall–Kier alpha value is -1.39. The quantitative estimate of drug-likeness (QED) is 0.664. The van der Waals surface area contributed by atoms with Crippen molar-refractivity contribution in [1.29, 1.82) is 0 Å². The van der Waals surface area contributed by atoms with E-state index in [0.29, 0.717) is 0 Å². The molecule has 17 heavy (non-hydrogen) atoms. The third-order valence-electron chi connectivity index (χ3n) is 2.39. The Bertz CT molecular complexity index is 473. The summed E-state index contributed by atoms with van der Waals surface area (Å²) in [6, 6.07) is 12.0. The van der Waals surface area contributed by atoms with Crippen molar-refractivity contribution in [2.45, 2.75) is 18.1 Å². The first-order valence-electron chi connectivity index (χ1n) is 5.48. The molecule has 0 bridgehead atoms. The molecule has 2 aromatic rings. The highest BCUT2D eigenvalue weighted by atomic mass is 32.2. The summed E-state index contributed by atoms with van der Waals surface area (Å²) < 4.78 is 0. The topological polar surface area (TPSA) is 51.8 Å². The summed E-state index contributed by atoms with van der Waals surface area (Å²) >= 11 is 1.59. The highest BCUT2D eigenvalue weighted by molar-refractivity contribution is 7.99. The Morgan fingerprint density at radius 1 is 1.24 bits per heavy atom. The van der Waals surface area contributed by atoms with Crippen LogP contribution < -0.4 is 5.73 Å². The molecular weight excluding hydrogens is 230 g/mol. The third kappa shape index (κ3) is 3.54. The lowest BCUT2D eigenvalue weighted by atomic mass is 10.1. The van der Waals surface area contributed by atoms with Gasteiger partial charge in [0, 0.05) is 23.7 Å². The lowest BCUT2D eigenvalue weighted by Gasteiger charge is -2.10. The maximum Gasteiger partial charge on any atom is 0.187 e. The number of hydrogen-bond donors (Lipinski definition) is 1. The Morgan fingerprint density at radius 3 is 2.71 bits per heavy atom. The monoisotopic (exact) mass is 245 g/mol. The Kier molecular flexibility index (Phi) is 4.12. The van der Waals surface area contributed by atoms with Crippen LogP contribution in [0, 0.1) is 6.92 Å². The molecule has 1 atom stereocenters. The van der Waals surface area contributed by atoms with Crippen LogP contribution in [-0.4, -0.2) is 15.7 Å². The molecular formula is C13H15N3S. The molecule has 0 aliphatic carbocycles. The van der Waals surface area contributed by atoms with E-state index in [1.165, 1.54) is 0 Å². The van der Waals surface area contributed by atoms with Gasteiger partial charge in [-0.25, -0.2) is 9.97 Å². The van der Waals surface area contributed by atoms with Gasteiger partial charge in [0.2, 0.25) is 0 Å². The van der Waals surface area contributed by atoms with Gasteiger partial charge in [0.1, 0.15) is 0 Å². The molecule has 2 rings (SSSR count). The number of hydrogen-bond acceptors (Lipinski definition) is 4. The molecule has 0 saturated heterocycles. The Balaban J connectivity index is 1.95. The number of nitrogens with zero attached hydrogens (tertiary/aromatic N) is 2. The molecule has 0 amide bonds. The zero-order chi connectivity index (χ0) is 12.1. The minimum absolute atomic E-state index is 0.0188. The van der Waals surface area contributed by atoms with Crippen molar-refractivity contribution in [3.63, 3.8) is 0 Å². The van der Waals surface area contributed by atoms with Crippen LogP contribution in [0.4, 0.5) is 0 Å². The molecule has 88 valence electrons. The molecule has 1 unspecified atom stereocenters. The summed E-state index contributed by atoms with van der Waals surface area (Å²) in [6.07, 6.45) is 1.78. The smallest absolute Gasteiger partial charge is 0.187 e. The van der Waals surface area contributed by atoms with Gasteiger partial charge < -0.3 is 5.73 Å². The second kappa shape index (κ2) is 5.80. The van der Waals surface area contributed by atoms with E-state index in [2.05, 4.69) is 9.97 Å². The maximum atomic E-state index is 6.10. The summed E-state index contributed by atoms with van der Waals surface area (Å²) in [5.41, 5.74) is 8.23. The van der Waals surface area contributed by atoms with E-state index in [1.807, 2.05) is 43.3 Å². The number of rotatable bonds is 4. The van der Waals surface area contributed by atoms with E-state index in [9.17, 15) is 0 Å². The largest absolute Gasteiger partial charge is 0.323 e. The molecule has 0 radical (unpaired) electrons. The van der Waals surface area contributed by atoms with Crippen LogP contribution in [0.25, 0.3) is 0 Å². The van der Waals surface area contributed by atoms with Crippen LogP contribution in [0.15, 0.2) is 47.8 Å². The SMILES string of the molecule is Cc1ccnc(SCC(N)c2ccccc2)n1. The average Bonchev–Trinajstić information content (AvgIpc) is 2.37. The number of thioether (sulfide) groups is 1. The standard InChI is InChI=1S/C13H15N3S/c1-10-7-8-15-13(16-10)17-9-12(14)11-5-3-2-4-6-11/h2-8,12H,9,14H2,1H3. The molecule has 1 heterocycles. The Morgan fingerprint density at radius 2 is 2.00 bits per heavy atom. The van der Waals surface area contributed by atoms with Crippen LogP contribution in [0.5, 0.6) is 0 Å². The lowest BCUT2D eigenvalue weighted by Crippen LogP contribution is -2.13. The molecule has 2 N–H and O–H groups in total. The van der Waals surface area contributed by atoms with Crippen molar-refractivity contribution in [3.05, 3.63) is 53.9 Å². The maximum absolute atomic E-state index is 6.10. The minimum Gasteiger partial charge on any atom is -0.323 e. The van der Waals surface area contributed by atoms with Gasteiger partial charge in [-0.1, -0.05) is 42.1 Å². The molecule has 0 saturated carbocycles. The molecule has 3 nitrogen and oxygen atoms in total. The van der Waals surface area contributed by atoms with Crippen LogP contribution in [-0.2, 0) is 0 Å². The minimum atomic E-state index is 0.0188. The predicted molar refractivity (Wildman–Crippen MR) is 70.9 cm³/mol. The summed E-state index contributed by atoms with van der Waals surface area (Å²) in [5.74, 6) is 0.785. The number of aromatic nitrogens is 2. The molecule has 1 aromatic heterocycles. The van der Waals surface area contributed by atoms with Gasteiger partial charge in [-0.05, 0) is 18.6 Å². The van der Waals surface area contributed by atoms with E-state index in [4.69, 9.17) is 5.73 Å². The van der Waals surface area contributed by atoms with Crippen molar-refractivity contribution in [3.8, 4) is 0 Å². The van der Waals surface area contributed by atoms with Crippen molar-refractivity contribution in [1.82, 2.24) is 9.97 Å². The van der Waals surface area contributed by atoms with Gasteiger partial charge in [-0.3, -0.25) is 0 Å². The van der Waals surface area contributed by atoms with Crippen LogP contribution in [0.2, 0.25) is 0 Å². The van der Waals surface area contributed by atoms with Crippen molar-refractivity contribution < 1.29 is 0 Å². The number of nitrogens with two attached hydrogens (primary N) is 1. The van der Waals surface area contributed by atoms with E-state index < -0.39 is 0 Å². The highest BCUT2D eigenvalue weighted by Crippen LogP contribution is 2.20. The molecule has 0 fully saturated rings. The van der Waals surface area contributed by atoms with Crippen LogP contribution >= 0.6 is 11.8 Å². The second-order valence-electron chi connectivity index (χ2n) is 3.81. The summed E-state index contributed by atoms with van der Waals surface area (Å²) in [6.45, 7) is 1.96. The first-order chi connectivity index (χ1) is 8.25. The van der Waals surface area contributed by atoms with Gasteiger partial charge in [0.25, 0.3) is 0 Å². The molecule has 1 aromatic carbocycles. The summed E-state index contributed by atoms with van der Waals surface area (Å²) in [5, 5.41) is 0.788. The van der Waals surface area contributed by atoms with Crippen molar-refractivity contribution >= 4 is 11.8 Å². The zero-order valence-electron chi connectivity index (χ0n) is 9.71. The van der Waals surface area contributed by atoms with Crippen molar-refractivity contribution in [2.24, 2.45) is 5.73 Å². The van der Waals surface area contributed by atoms with Crippen molar-refractivity contribution in [2.75, 3.05) is 5.75 Å². The first kappa shape index (κ1) is 12.1. The summed E-state index contributed by atoms with van der Waals surface area (Å²) in [7, 11) is 0. The van der Waals surface area contributed by atoms with E-state index in [1.54, 1.807) is 18.0 Å². The first-order valence-corrected chi connectivity index (χ1v) is 6.47. The molecule has 4 heteroatoms. The normalized spacial score (nSPS) is 12.4. The zero-order valence-corrected chi connectivity index (χ0v) is 10.5. The molecule has 0 spiro atoms. The fourth-order valence-corrected chi connectivity index (χ4v) is 2.32. The fourth-order valence-electron chi connectivity index (χ4n) is 1.46. The Labute approximate surface area is 105 Å². The fraction of sp³-hybridized carbons (Fsp3) is 0.231. The average molecular weight is 245 g/mol. The van der Waals surface area contributed by atoms with E-state index in [-0.39, 0.29) is 6.04 Å². The third-order valence-corrected chi connectivity index (χ3v) is 3.37. The van der Waals surface area contributed by atoms with Crippen LogP contribution in [0.3, 0.4) is 0 Å². The second-order valence-corrected chi connectivity index (χ2v) is 4.80. The van der Waals surface area contributed by atoms with Crippen LogP contribution in [0.1, 0.15) is 17.3 Å². The van der Waals surface area contributed by atoms with E-state index in [0.717, 1.165) is 22.2 Å². The number of aryl methyl sites for hydroxylation is 1. The van der Waals surface area contributed by atoms with Gasteiger partial charge in [-0.15, -0.1) is 0 Å². The van der Waals surface area contributed by atoms with Gasteiger partial charge in [0.15, 0.2) is 5.16 Å². The van der Waals surface area contributed by atoms with E-state index >= 15 is 0 Å². The van der Waals surface area contributed by atoms with Gasteiger partial charge >= 0.3 is 0 Å².